The van der Waals surface area contributed by atoms with Gasteiger partial charge in [0.25, 0.3) is 0 Å². The smallest absolute Gasteiger partial charge is 0.143 e. The molecule has 7 aromatic carbocycles. The second kappa shape index (κ2) is 15.6. The average Bonchev–Trinajstić information content (AvgIpc) is 3.55. The summed E-state index contributed by atoms with van der Waals surface area (Å²) in [4.78, 5) is 0. The molecule has 4 heteroatoms. The maximum absolute atomic E-state index is 7.29. The van der Waals surface area contributed by atoms with Crippen molar-refractivity contribution in [3.63, 3.8) is 0 Å². The van der Waals surface area contributed by atoms with Crippen LogP contribution in [0.3, 0.4) is 0 Å². The van der Waals surface area contributed by atoms with Crippen molar-refractivity contribution in [1.82, 2.24) is 0 Å². The number of fused-ring (bicyclic) bond motifs is 3. The van der Waals surface area contributed by atoms with Crippen molar-refractivity contribution in [2.45, 2.75) is 13.5 Å². The van der Waals surface area contributed by atoms with Crippen LogP contribution in [0, 0.1) is 12.3 Å². The Morgan fingerprint density at radius 1 is 0.531 bits per heavy atom. The van der Waals surface area contributed by atoms with Gasteiger partial charge >= 0.3 is 0 Å². The SMILES string of the molecule is Cc1cc(-c2ccccc2)cc(-c2cccc3c2oc2ccccc23)c1.N=C(N)c1ccc(-c2ccccc2)cc1.NCc1ccccc1. The van der Waals surface area contributed by atoms with Crippen molar-refractivity contribution in [2.24, 2.45) is 11.5 Å². The summed E-state index contributed by atoms with van der Waals surface area (Å²) in [5.74, 6) is 0.106. The number of nitrogens with one attached hydrogen (secondary N) is 1. The highest BCUT2D eigenvalue weighted by Gasteiger charge is 2.13. The monoisotopic (exact) mass is 637 g/mol. The Morgan fingerprint density at radius 3 is 1.67 bits per heavy atom. The van der Waals surface area contributed by atoms with Gasteiger partial charge < -0.3 is 15.9 Å². The van der Waals surface area contributed by atoms with E-state index in [4.69, 9.17) is 21.3 Å². The van der Waals surface area contributed by atoms with Crippen LogP contribution in [0.25, 0.3) is 55.3 Å². The molecule has 1 heterocycles. The summed E-state index contributed by atoms with van der Waals surface area (Å²) in [6.07, 6.45) is 0. The maximum Gasteiger partial charge on any atom is 0.143 e. The molecule has 0 fully saturated rings. The van der Waals surface area contributed by atoms with Gasteiger partial charge in [-0.05, 0) is 58.0 Å². The summed E-state index contributed by atoms with van der Waals surface area (Å²) in [7, 11) is 0. The van der Waals surface area contributed by atoms with E-state index in [9.17, 15) is 0 Å². The first-order valence-corrected chi connectivity index (χ1v) is 16.3. The van der Waals surface area contributed by atoms with Crippen molar-refractivity contribution in [3.05, 3.63) is 193 Å². The number of nitrogens with two attached hydrogens (primary N) is 2. The summed E-state index contributed by atoms with van der Waals surface area (Å²) >= 11 is 0. The zero-order valence-corrected chi connectivity index (χ0v) is 27.5. The van der Waals surface area contributed by atoms with E-state index in [1.54, 1.807) is 0 Å². The van der Waals surface area contributed by atoms with Gasteiger partial charge in [-0.2, -0.15) is 0 Å². The van der Waals surface area contributed by atoms with Gasteiger partial charge in [0.15, 0.2) is 0 Å². The molecular weight excluding hydrogens is 599 g/mol. The average molecular weight is 638 g/mol. The fourth-order valence-corrected chi connectivity index (χ4v) is 5.80. The third-order valence-corrected chi connectivity index (χ3v) is 8.28. The lowest BCUT2D eigenvalue weighted by Gasteiger charge is -2.09. The van der Waals surface area contributed by atoms with Crippen LogP contribution in [0.4, 0.5) is 0 Å². The van der Waals surface area contributed by atoms with E-state index >= 15 is 0 Å². The second-order valence-corrected chi connectivity index (χ2v) is 11.8. The minimum atomic E-state index is 0.106. The molecule has 0 unspecified atom stereocenters. The number of benzene rings is 7. The number of para-hydroxylation sites is 2. The Balaban J connectivity index is 0.000000152. The molecule has 0 saturated heterocycles. The first kappa shape index (κ1) is 32.7. The number of nitrogen functional groups attached to an aromatic ring is 1. The van der Waals surface area contributed by atoms with E-state index in [0.29, 0.717) is 6.54 Å². The van der Waals surface area contributed by atoms with Gasteiger partial charge in [0.05, 0.1) is 0 Å². The molecular formula is C45H39N3O. The van der Waals surface area contributed by atoms with Crippen LogP contribution in [-0.2, 0) is 6.54 Å². The van der Waals surface area contributed by atoms with E-state index in [0.717, 1.165) is 27.9 Å². The van der Waals surface area contributed by atoms with Crippen LogP contribution in [0.15, 0.2) is 180 Å². The Morgan fingerprint density at radius 2 is 1.06 bits per heavy atom. The van der Waals surface area contributed by atoms with Crippen molar-refractivity contribution in [3.8, 4) is 33.4 Å². The zero-order valence-electron chi connectivity index (χ0n) is 27.5. The number of amidine groups is 1. The van der Waals surface area contributed by atoms with Crippen molar-refractivity contribution in [1.29, 1.82) is 5.41 Å². The van der Waals surface area contributed by atoms with Crippen molar-refractivity contribution >= 4 is 27.8 Å². The first-order chi connectivity index (χ1) is 24.0. The van der Waals surface area contributed by atoms with Gasteiger partial charge in [-0.1, -0.05) is 164 Å². The molecule has 49 heavy (non-hydrogen) atoms. The molecule has 0 atom stereocenters. The number of hydrogen-bond acceptors (Lipinski definition) is 3. The molecule has 4 nitrogen and oxygen atoms in total. The second-order valence-electron chi connectivity index (χ2n) is 11.8. The van der Waals surface area contributed by atoms with E-state index in [1.165, 1.54) is 44.2 Å². The van der Waals surface area contributed by atoms with E-state index < -0.39 is 0 Å². The van der Waals surface area contributed by atoms with Crippen LogP contribution >= 0.6 is 0 Å². The van der Waals surface area contributed by atoms with Crippen molar-refractivity contribution in [2.75, 3.05) is 0 Å². The molecule has 0 amide bonds. The number of hydrogen-bond donors (Lipinski definition) is 3. The molecule has 0 radical (unpaired) electrons. The van der Waals surface area contributed by atoms with Gasteiger partial charge in [0.1, 0.15) is 17.0 Å². The predicted octanol–water partition coefficient (Wildman–Crippen LogP) is 11.0. The molecule has 0 bridgehead atoms. The van der Waals surface area contributed by atoms with Crippen LogP contribution in [-0.4, -0.2) is 5.84 Å². The van der Waals surface area contributed by atoms with Gasteiger partial charge in [0, 0.05) is 28.4 Å². The topological polar surface area (TPSA) is 89.0 Å². The quantitative estimate of drug-likeness (QED) is 0.130. The first-order valence-electron chi connectivity index (χ1n) is 16.3. The fourth-order valence-electron chi connectivity index (χ4n) is 5.80. The molecule has 240 valence electrons. The van der Waals surface area contributed by atoms with E-state index in [-0.39, 0.29) is 5.84 Å². The zero-order chi connectivity index (χ0) is 34.0. The van der Waals surface area contributed by atoms with Gasteiger partial charge in [0.2, 0.25) is 0 Å². The van der Waals surface area contributed by atoms with Crippen LogP contribution in [0.5, 0.6) is 0 Å². The highest BCUT2D eigenvalue weighted by atomic mass is 16.3. The van der Waals surface area contributed by atoms with Gasteiger partial charge in [-0.15, -0.1) is 0 Å². The molecule has 5 N–H and O–H groups in total. The van der Waals surface area contributed by atoms with Crippen LogP contribution in [0.2, 0.25) is 0 Å². The molecule has 8 aromatic rings. The minimum Gasteiger partial charge on any atom is -0.455 e. The molecule has 0 aliphatic carbocycles. The normalized spacial score (nSPS) is 10.5. The van der Waals surface area contributed by atoms with Gasteiger partial charge in [-0.3, -0.25) is 5.41 Å². The highest BCUT2D eigenvalue weighted by molar-refractivity contribution is 6.09. The number of rotatable bonds is 5. The Labute approximate surface area is 287 Å². The van der Waals surface area contributed by atoms with Gasteiger partial charge in [-0.25, -0.2) is 0 Å². The minimum absolute atomic E-state index is 0.106. The Kier molecular flexibility index (Phi) is 10.4. The standard InChI is InChI=1S/C25H18O.C13H12N2.C7H9N/c1-17-14-19(18-8-3-2-4-9-18)16-20(15-17)21-11-7-12-23-22-10-5-6-13-24(22)26-25(21)23;14-13(15)12-8-6-11(7-9-12)10-4-2-1-3-5-10;8-6-7-4-2-1-3-5-7/h2-16H,1H3;1-9H,(H3,14,15);1-5H,6,8H2. The molecule has 0 aliphatic heterocycles. The number of aryl methyl sites for hydroxylation is 1. The Bertz CT molecular complexity index is 2270. The fraction of sp³-hybridized carbons (Fsp3) is 0.0444. The largest absolute Gasteiger partial charge is 0.455 e. The summed E-state index contributed by atoms with van der Waals surface area (Å²) in [6, 6.07) is 59.7. The third kappa shape index (κ3) is 8.02. The summed E-state index contributed by atoms with van der Waals surface area (Å²) < 4.78 is 6.22. The molecule has 0 spiro atoms. The number of furan rings is 1. The highest BCUT2D eigenvalue weighted by Crippen LogP contribution is 2.37. The Hall–Kier alpha value is -6.23. The van der Waals surface area contributed by atoms with Crippen molar-refractivity contribution < 1.29 is 4.42 Å². The third-order valence-electron chi connectivity index (χ3n) is 8.28. The summed E-state index contributed by atoms with van der Waals surface area (Å²) in [5.41, 5.74) is 22.9. The molecule has 0 aliphatic rings. The molecule has 8 rings (SSSR count). The molecule has 1 aromatic heterocycles. The van der Waals surface area contributed by atoms with Crippen LogP contribution < -0.4 is 11.5 Å². The van der Waals surface area contributed by atoms with Crippen LogP contribution in [0.1, 0.15) is 16.7 Å². The van der Waals surface area contributed by atoms with E-state index in [2.05, 4.69) is 97.9 Å². The van der Waals surface area contributed by atoms with E-state index in [1.807, 2.05) is 84.9 Å². The predicted molar refractivity (Wildman–Crippen MR) is 207 cm³/mol. The lowest BCUT2D eigenvalue weighted by molar-refractivity contribution is 0.670. The summed E-state index contributed by atoms with van der Waals surface area (Å²) in [5, 5.41) is 9.62. The summed E-state index contributed by atoms with van der Waals surface area (Å²) in [6.45, 7) is 2.79. The molecule has 0 saturated carbocycles. The lowest BCUT2D eigenvalue weighted by Crippen LogP contribution is -2.10. The maximum atomic E-state index is 7.29. The lowest BCUT2D eigenvalue weighted by atomic mass is 9.95.